The van der Waals surface area contributed by atoms with Gasteiger partial charge < -0.3 is 10.1 Å². The van der Waals surface area contributed by atoms with Crippen molar-refractivity contribution in [2.75, 3.05) is 38.6 Å². The average molecular weight is 372 g/mol. The maximum absolute atomic E-state index is 12.8. The van der Waals surface area contributed by atoms with Gasteiger partial charge in [0.2, 0.25) is 15.9 Å². The smallest absolute Gasteiger partial charge is 0.220 e. The Balaban J connectivity index is 1.70. The van der Waals surface area contributed by atoms with Crippen molar-refractivity contribution < 1.29 is 27.1 Å². The van der Waals surface area contributed by atoms with Gasteiger partial charge in [0.15, 0.2) is 5.78 Å². The Labute approximate surface area is 146 Å². The molecule has 25 heavy (non-hydrogen) atoms. The second-order valence-electron chi connectivity index (χ2n) is 5.61. The summed E-state index contributed by atoms with van der Waals surface area (Å²) in [7, 11) is -3.42. The number of hydrogen-bond donors (Lipinski definition) is 1. The summed E-state index contributed by atoms with van der Waals surface area (Å²) in [5.74, 6) is -1.29. The zero-order valence-electron chi connectivity index (χ0n) is 13.7. The number of hydrogen-bond acceptors (Lipinski definition) is 5. The van der Waals surface area contributed by atoms with Crippen LogP contribution in [0.4, 0.5) is 4.39 Å². The summed E-state index contributed by atoms with van der Waals surface area (Å²) in [5.41, 5.74) is 0.337. The van der Waals surface area contributed by atoms with Crippen LogP contribution in [0.1, 0.15) is 23.2 Å². The van der Waals surface area contributed by atoms with Crippen molar-refractivity contribution in [1.29, 1.82) is 0 Å². The first-order valence-electron chi connectivity index (χ1n) is 7.99. The highest BCUT2D eigenvalue weighted by Crippen LogP contribution is 2.08. The minimum Gasteiger partial charge on any atom is -0.379 e. The number of carbonyl (C=O) groups is 2. The van der Waals surface area contributed by atoms with Crippen LogP contribution in [-0.4, -0.2) is 63.0 Å². The lowest BCUT2D eigenvalue weighted by atomic mass is 10.1. The molecule has 0 atom stereocenters. The molecule has 1 aliphatic rings. The fourth-order valence-corrected chi connectivity index (χ4v) is 3.69. The zero-order valence-corrected chi connectivity index (χ0v) is 14.6. The third-order valence-electron chi connectivity index (χ3n) is 3.79. The van der Waals surface area contributed by atoms with Crippen molar-refractivity contribution in [3.63, 3.8) is 0 Å². The second-order valence-corrected chi connectivity index (χ2v) is 7.70. The van der Waals surface area contributed by atoms with Crippen molar-refractivity contribution in [2.24, 2.45) is 0 Å². The first-order valence-corrected chi connectivity index (χ1v) is 9.60. The molecule has 1 aromatic carbocycles. The van der Waals surface area contributed by atoms with E-state index < -0.39 is 21.7 Å². The fourth-order valence-electron chi connectivity index (χ4n) is 2.37. The minimum atomic E-state index is -3.42. The highest BCUT2D eigenvalue weighted by molar-refractivity contribution is 7.89. The second kappa shape index (κ2) is 9.02. The topological polar surface area (TPSA) is 92.8 Å². The molecule has 7 nitrogen and oxygen atoms in total. The molecule has 0 spiro atoms. The molecule has 138 valence electrons. The first-order chi connectivity index (χ1) is 11.9. The summed E-state index contributed by atoms with van der Waals surface area (Å²) in [6.45, 7) is 1.38. The standard InChI is InChI=1S/C16H21FN2O5S/c17-14-3-1-13(2-4-14)15(20)5-6-16(21)18-7-12-25(22,23)19-8-10-24-11-9-19/h1-4H,5-12H2,(H,18,21). The third-order valence-corrected chi connectivity index (χ3v) is 5.66. The van der Waals surface area contributed by atoms with Crippen molar-refractivity contribution in [2.45, 2.75) is 12.8 Å². The van der Waals surface area contributed by atoms with Crippen LogP contribution in [0.15, 0.2) is 24.3 Å². The molecule has 1 N–H and O–H groups in total. The molecule has 9 heteroatoms. The number of morpholine rings is 1. The van der Waals surface area contributed by atoms with Crippen LogP contribution < -0.4 is 5.32 Å². The number of nitrogens with zero attached hydrogens (tertiary/aromatic N) is 1. The lowest BCUT2D eigenvalue weighted by molar-refractivity contribution is -0.120. The van der Waals surface area contributed by atoms with Gasteiger partial charge in [0, 0.05) is 38.0 Å². The number of sulfonamides is 1. The van der Waals surface area contributed by atoms with Crippen molar-refractivity contribution in [1.82, 2.24) is 9.62 Å². The van der Waals surface area contributed by atoms with E-state index in [0.717, 1.165) is 0 Å². The van der Waals surface area contributed by atoms with Gasteiger partial charge in [-0.2, -0.15) is 4.31 Å². The van der Waals surface area contributed by atoms with E-state index in [0.29, 0.717) is 31.9 Å². The SMILES string of the molecule is O=C(CCC(=O)c1ccc(F)cc1)NCCS(=O)(=O)N1CCOCC1. The molecular weight excluding hydrogens is 351 g/mol. The van der Waals surface area contributed by atoms with Crippen LogP contribution in [0.3, 0.4) is 0 Å². The van der Waals surface area contributed by atoms with Gasteiger partial charge in [0.25, 0.3) is 0 Å². The molecule has 0 bridgehead atoms. The molecule has 0 saturated carbocycles. The van der Waals surface area contributed by atoms with E-state index >= 15 is 0 Å². The Morgan fingerprint density at radius 3 is 2.40 bits per heavy atom. The highest BCUT2D eigenvalue weighted by Gasteiger charge is 2.23. The third kappa shape index (κ3) is 6.18. The Hall–Kier alpha value is -1.84. The van der Waals surface area contributed by atoms with Crippen LogP contribution >= 0.6 is 0 Å². The minimum absolute atomic E-state index is 0.0107. The van der Waals surface area contributed by atoms with Crippen LogP contribution in [0.2, 0.25) is 0 Å². The van der Waals surface area contributed by atoms with E-state index in [-0.39, 0.29) is 30.9 Å². The molecule has 0 aromatic heterocycles. The summed E-state index contributed by atoms with van der Waals surface area (Å²) in [4.78, 5) is 23.6. The molecule has 1 fully saturated rings. The lowest BCUT2D eigenvalue weighted by Crippen LogP contribution is -2.43. The van der Waals surface area contributed by atoms with Crippen molar-refractivity contribution in [3.8, 4) is 0 Å². The van der Waals surface area contributed by atoms with Gasteiger partial charge in [-0.15, -0.1) is 0 Å². The Morgan fingerprint density at radius 2 is 1.76 bits per heavy atom. The summed E-state index contributed by atoms with van der Waals surface area (Å²) in [5, 5.41) is 2.51. The number of carbonyl (C=O) groups excluding carboxylic acids is 2. The summed E-state index contributed by atoms with van der Waals surface area (Å²) < 4.78 is 43.4. The number of ether oxygens (including phenoxy) is 1. The van der Waals surface area contributed by atoms with Crippen molar-refractivity contribution in [3.05, 3.63) is 35.6 Å². The maximum atomic E-state index is 12.8. The number of rotatable bonds is 8. The molecule has 0 unspecified atom stereocenters. The number of benzene rings is 1. The molecule has 1 saturated heterocycles. The van der Waals surface area contributed by atoms with E-state index in [1.54, 1.807) is 0 Å². The summed E-state index contributed by atoms with van der Waals surface area (Å²) in [6, 6.07) is 5.10. The average Bonchev–Trinajstić information content (AvgIpc) is 2.61. The predicted molar refractivity (Wildman–Crippen MR) is 89.2 cm³/mol. The molecular formula is C16H21FN2O5S. The van der Waals surface area contributed by atoms with Gasteiger partial charge in [-0.1, -0.05) is 0 Å². The van der Waals surface area contributed by atoms with Gasteiger partial charge in [0.1, 0.15) is 5.82 Å². The van der Waals surface area contributed by atoms with Gasteiger partial charge in [-0.3, -0.25) is 9.59 Å². The van der Waals surface area contributed by atoms with E-state index in [2.05, 4.69) is 5.32 Å². The van der Waals surface area contributed by atoms with E-state index in [9.17, 15) is 22.4 Å². The monoisotopic (exact) mass is 372 g/mol. The molecule has 2 rings (SSSR count). The van der Waals surface area contributed by atoms with Gasteiger partial charge in [-0.25, -0.2) is 12.8 Å². The number of Topliss-reactive ketones (excluding diaryl/α,β-unsaturated/α-hetero) is 1. The molecule has 1 aliphatic heterocycles. The number of nitrogens with one attached hydrogen (secondary N) is 1. The normalized spacial score (nSPS) is 15.7. The summed E-state index contributed by atoms with van der Waals surface area (Å²) in [6.07, 6.45) is -0.0680. The fraction of sp³-hybridized carbons (Fsp3) is 0.500. The van der Waals surface area contributed by atoms with E-state index in [4.69, 9.17) is 4.74 Å². The molecule has 0 radical (unpaired) electrons. The number of amides is 1. The summed E-state index contributed by atoms with van der Waals surface area (Å²) >= 11 is 0. The molecule has 1 heterocycles. The Kier molecular flexibility index (Phi) is 7.03. The van der Waals surface area contributed by atoms with Crippen LogP contribution in [0, 0.1) is 5.82 Å². The maximum Gasteiger partial charge on any atom is 0.220 e. The molecule has 1 amide bonds. The Bertz CT molecular complexity index is 700. The Morgan fingerprint density at radius 1 is 1.12 bits per heavy atom. The van der Waals surface area contributed by atoms with E-state index in [1.165, 1.54) is 28.6 Å². The predicted octanol–water partition coefficient (Wildman–Crippen LogP) is 0.567. The van der Waals surface area contributed by atoms with Gasteiger partial charge >= 0.3 is 0 Å². The molecule has 1 aromatic rings. The lowest BCUT2D eigenvalue weighted by Gasteiger charge is -2.26. The van der Waals surface area contributed by atoms with Crippen LogP contribution in [0.5, 0.6) is 0 Å². The number of ketones is 1. The van der Waals surface area contributed by atoms with Crippen LogP contribution in [0.25, 0.3) is 0 Å². The molecule has 0 aliphatic carbocycles. The van der Waals surface area contributed by atoms with E-state index in [1.807, 2.05) is 0 Å². The van der Waals surface area contributed by atoms with Gasteiger partial charge in [-0.05, 0) is 24.3 Å². The quantitative estimate of drug-likeness (QED) is 0.674. The first kappa shape index (κ1) is 19.5. The highest BCUT2D eigenvalue weighted by atomic mass is 32.2. The van der Waals surface area contributed by atoms with Gasteiger partial charge in [0.05, 0.1) is 19.0 Å². The number of halogens is 1. The largest absolute Gasteiger partial charge is 0.379 e. The van der Waals surface area contributed by atoms with Crippen molar-refractivity contribution >= 4 is 21.7 Å². The van der Waals surface area contributed by atoms with Crippen LogP contribution in [-0.2, 0) is 19.6 Å². The zero-order chi connectivity index (χ0) is 18.3.